The Labute approximate surface area is 165 Å². The molecule has 3 rings (SSSR count). The van der Waals surface area contributed by atoms with E-state index in [1.165, 1.54) is 10.4 Å². The molecule has 1 aromatic heterocycles. The van der Waals surface area contributed by atoms with Crippen LogP contribution in [0, 0.1) is 22.7 Å². The highest BCUT2D eigenvalue weighted by Crippen LogP contribution is 2.44. The summed E-state index contributed by atoms with van der Waals surface area (Å²) in [4.78, 5) is 5.98. The number of nitrogens with zero attached hydrogens (tertiary/aromatic N) is 2. The van der Waals surface area contributed by atoms with Gasteiger partial charge in [-0.15, -0.1) is 11.3 Å². The molecule has 4 nitrogen and oxygen atoms in total. The summed E-state index contributed by atoms with van der Waals surface area (Å²) < 4.78 is 10.6. The molecule has 0 spiro atoms. The minimum atomic E-state index is 0.289. The van der Waals surface area contributed by atoms with E-state index in [0.29, 0.717) is 17.4 Å². The number of ether oxygens (including phenoxy) is 2. The van der Waals surface area contributed by atoms with Crippen LogP contribution in [0.1, 0.15) is 48.8 Å². The van der Waals surface area contributed by atoms with Crippen molar-refractivity contribution in [2.24, 2.45) is 16.3 Å². The van der Waals surface area contributed by atoms with Gasteiger partial charge in [0.1, 0.15) is 11.1 Å². The van der Waals surface area contributed by atoms with E-state index in [2.05, 4.69) is 31.8 Å². The van der Waals surface area contributed by atoms with E-state index >= 15 is 0 Å². The molecular formula is C22H26N2O2S. The maximum absolute atomic E-state index is 9.68. The summed E-state index contributed by atoms with van der Waals surface area (Å²) in [5.74, 6) is 2.01. The quantitative estimate of drug-likeness (QED) is 0.653. The van der Waals surface area contributed by atoms with Gasteiger partial charge in [-0.05, 0) is 59.9 Å². The first-order valence-electron chi connectivity index (χ1n) is 9.18. The van der Waals surface area contributed by atoms with Gasteiger partial charge in [-0.25, -0.2) is 4.99 Å². The highest BCUT2D eigenvalue weighted by molar-refractivity contribution is 7.16. The van der Waals surface area contributed by atoms with E-state index in [4.69, 9.17) is 9.47 Å². The molecule has 1 aromatic carbocycles. The van der Waals surface area contributed by atoms with Gasteiger partial charge in [0.05, 0.1) is 19.8 Å². The Morgan fingerprint density at radius 1 is 1.22 bits per heavy atom. The lowest BCUT2D eigenvalue weighted by Crippen LogP contribution is -2.26. The fourth-order valence-corrected chi connectivity index (χ4v) is 4.80. The number of nitriles is 1. The van der Waals surface area contributed by atoms with Gasteiger partial charge in [-0.3, -0.25) is 0 Å². The summed E-state index contributed by atoms with van der Waals surface area (Å²) >= 11 is 1.67. The van der Waals surface area contributed by atoms with Crippen LogP contribution < -0.4 is 9.47 Å². The second-order valence-electron chi connectivity index (χ2n) is 7.97. The number of hydrogen-bond acceptors (Lipinski definition) is 5. The van der Waals surface area contributed by atoms with Gasteiger partial charge >= 0.3 is 0 Å². The molecule has 1 unspecified atom stereocenters. The van der Waals surface area contributed by atoms with Crippen molar-refractivity contribution in [3.05, 3.63) is 39.8 Å². The molecule has 2 aromatic rings. The van der Waals surface area contributed by atoms with Gasteiger partial charge in [0.2, 0.25) is 0 Å². The zero-order chi connectivity index (χ0) is 19.6. The Bertz CT molecular complexity index is 900. The zero-order valence-electron chi connectivity index (χ0n) is 16.6. The van der Waals surface area contributed by atoms with Crippen LogP contribution in [-0.2, 0) is 12.8 Å². The van der Waals surface area contributed by atoms with E-state index in [9.17, 15) is 5.26 Å². The largest absolute Gasteiger partial charge is 0.493 e. The molecular weight excluding hydrogens is 356 g/mol. The van der Waals surface area contributed by atoms with Crippen molar-refractivity contribution in [2.75, 3.05) is 14.2 Å². The molecule has 142 valence electrons. The Balaban J connectivity index is 1.89. The lowest BCUT2D eigenvalue weighted by Gasteiger charge is -2.33. The summed E-state index contributed by atoms with van der Waals surface area (Å²) in [5.41, 5.74) is 3.16. The van der Waals surface area contributed by atoms with Gasteiger partial charge in [0.15, 0.2) is 11.5 Å². The van der Waals surface area contributed by atoms with E-state index in [0.717, 1.165) is 35.4 Å². The minimum Gasteiger partial charge on any atom is -0.493 e. The van der Waals surface area contributed by atoms with Gasteiger partial charge in [0.25, 0.3) is 0 Å². The average Bonchev–Trinajstić information content (AvgIpc) is 3.01. The highest BCUT2D eigenvalue weighted by Gasteiger charge is 2.32. The fraction of sp³-hybridized carbons (Fsp3) is 0.455. The van der Waals surface area contributed by atoms with Gasteiger partial charge in [-0.1, -0.05) is 20.8 Å². The smallest absolute Gasteiger partial charge is 0.161 e. The number of fused-ring (bicyclic) bond motifs is 1. The van der Waals surface area contributed by atoms with Crippen LogP contribution in [0.4, 0.5) is 5.00 Å². The van der Waals surface area contributed by atoms with Crippen LogP contribution >= 0.6 is 11.3 Å². The average molecular weight is 383 g/mol. The van der Waals surface area contributed by atoms with Crippen molar-refractivity contribution >= 4 is 22.6 Å². The Morgan fingerprint density at radius 2 is 1.96 bits per heavy atom. The van der Waals surface area contributed by atoms with Crippen molar-refractivity contribution in [3.63, 3.8) is 0 Å². The molecule has 0 saturated carbocycles. The summed E-state index contributed by atoms with van der Waals surface area (Å²) in [6.07, 6.45) is 4.95. The SMILES string of the molecule is COc1ccc(C=Nc2sc3c(c2C#N)CCC(C(C)(C)C)C3)cc1OC. The second kappa shape index (κ2) is 7.74. The Kier molecular flexibility index (Phi) is 5.57. The first-order chi connectivity index (χ1) is 12.9. The predicted octanol–water partition coefficient (Wildman–Crippen LogP) is 5.54. The summed E-state index contributed by atoms with van der Waals surface area (Å²) in [6.45, 7) is 6.91. The highest BCUT2D eigenvalue weighted by atomic mass is 32.1. The fourth-order valence-electron chi connectivity index (χ4n) is 3.58. The molecule has 5 heteroatoms. The van der Waals surface area contributed by atoms with Crippen LogP contribution in [0.15, 0.2) is 23.2 Å². The van der Waals surface area contributed by atoms with Crippen molar-refractivity contribution in [3.8, 4) is 17.6 Å². The molecule has 1 aliphatic carbocycles. The molecule has 0 aliphatic heterocycles. The third-order valence-corrected chi connectivity index (χ3v) is 6.48. The van der Waals surface area contributed by atoms with Crippen molar-refractivity contribution < 1.29 is 9.47 Å². The maximum atomic E-state index is 9.68. The number of methoxy groups -OCH3 is 2. The van der Waals surface area contributed by atoms with Gasteiger partial charge < -0.3 is 9.47 Å². The standard InChI is InChI=1S/C22H26N2O2S/c1-22(2,3)15-7-8-16-17(12-23)21(27-20(16)11-15)24-13-14-6-9-18(25-4)19(10-14)26-5/h6,9-10,13,15H,7-8,11H2,1-5H3. The molecule has 1 aliphatic rings. The second-order valence-corrected chi connectivity index (χ2v) is 9.06. The first-order valence-corrected chi connectivity index (χ1v) is 9.99. The molecule has 1 atom stereocenters. The Morgan fingerprint density at radius 3 is 2.59 bits per heavy atom. The molecule has 0 amide bonds. The third-order valence-electron chi connectivity index (χ3n) is 5.32. The van der Waals surface area contributed by atoms with E-state index in [1.54, 1.807) is 31.8 Å². The normalized spacial score (nSPS) is 16.8. The van der Waals surface area contributed by atoms with E-state index < -0.39 is 0 Å². The number of rotatable bonds is 4. The van der Waals surface area contributed by atoms with Gasteiger partial charge in [0, 0.05) is 11.1 Å². The summed E-state index contributed by atoms with van der Waals surface area (Å²) in [5, 5.41) is 10.5. The maximum Gasteiger partial charge on any atom is 0.161 e. The van der Waals surface area contributed by atoms with Crippen LogP contribution in [0.5, 0.6) is 11.5 Å². The zero-order valence-corrected chi connectivity index (χ0v) is 17.4. The van der Waals surface area contributed by atoms with Crippen LogP contribution in [0.3, 0.4) is 0 Å². The molecule has 0 saturated heterocycles. The third kappa shape index (κ3) is 4.01. The van der Waals surface area contributed by atoms with E-state index in [-0.39, 0.29) is 5.41 Å². The minimum absolute atomic E-state index is 0.289. The number of benzene rings is 1. The van der Waals surface area contributed by atoms with Crippen molar-refractivity contribution in [1.29, 1.82) is 5.26 Å². The summed E-state index contributed by atoms with van der Waals surface area (Å²) in [6, 6.07) is 8.06. The molecule has 0 fully saturated rings. The van der Waals surface area contributed by atoms with Crippen molar-refractivity contribution in [1.82, 2.24) is 0 Å². The predicted molar refractivity (Wildman–Crippen MR) is 111 cm³/mol. The van der Waals surface area contributed by atoms with Crippen LogP contribution in [-0.4, -0.2) is 20.4 Å². The lowest BCUT2D eigenvalue weighted by molar-refractivity contribution is 0.218. The lowest BCUT2D eigenvalue weighted by atomic mass is 9.72. The molecule has 0 N–H and O–H groups in total. The van der Waals surface area contributed by atoms with Crippen LogP contribution in [0.2, 0.25) is 0 Å². The first kappa shape index (κ1) is 19.4. The number of hydrogen-bond donors (Lipinski definition) is 0. The molecule has 0 radical (unpaired) electrons. The summed E-state index contributed by atoms with van der Waals surface area (Å²) in [7, 11) is 3.23. The van der Waals surface area contributed by atoms with Crippen LogP contribution in [0.25, 0.3) is 0 Å². The Hall–Kier alpha value is -2.32. The van der Waals surface area contributed by atoms with E-state index in [1.807, 2.05) is 18.2 Å². The van der Waals surface area contributed by atoms with Gasteiger partial charge in [-0.2, -0.15) is 5.26 Å². The topological polar surface area (TPSA) is 54.6 Å². The number of thiophene rings is 1. The molecule has 1 heterocycles. The van der Waals surface area contributed by atoms with Crippen molar-refractivity contribution in [2.45, 2.75) is 40.0 Å². The molecule has 27 heavy (non-hydrogen) atoms. The molecule has 0 bridgehead atoms. The number of aliphatic imine (C=N–C) groups is 1. The monoisotopic (exact) mass is 382 g/mol.